The van der Waals surface area contributed by atoms with Crippen LogP contribution in [0, 0.1) is 11.7 Å². The number of benzene rings is 1. The molecule has 1 rings (SSSR count). The van der Waals surface area contributed by atoms with Crippen molar-refractivity contribution in [1.82, 2.24) is 5.32 Å². The summed E-state index contributed by atoms with van der Waals surface area (Å²) < 4.78 is 13.6. The summed E-state index contributed by atoms with van der Waals surface area (Å²) in [6.45, 7) is 6.10. The van der Waals surface area contributed by atoms with Crippen LogP contribution in [0.1, 0.15) is 37.6 Å². The predicted molar refractivity (Wildman–Crippen MR) is 74.9 cm³/mol. The van der Waals surface area contributed by atoms with E-state index in [9.17, 15) is 9.18 Å². The molecular weight excluding hydrogens is 299 g/mol. The fraction of sp³-hybridized carbons (Fsp3) is 0.462. The van der Waals surface area contributed by atoms with Gasteiger partial charge in [-0.25, -0.2) is 4.39 Å². The minimum absolute atomic E-state index is 0.0269. The van der Waals surface area contributed by atoms with Crippen molar-refractivity contribution in [2.24, 2.45) is 5.92 Å². The lowest BCUT2D eigenvalue weighted by molar-refractivity contribution is 0.0924. The SMILES string of the molecule is CCC(NC(=O)c1cc(N)c(F)cc1Br)C(C)C. The summed E-state index contributed by atoms with van der Waals surface area (Å²) in [7, 11) is 0. The van der Waals surface area contributed by atoms with Gasteiger partial charge in [0.1, 0.15) is 5.82 Å². The molecule has 0 spiro atoms. The molecule has 0 saturated carbocycles. The second kappa shape index (κ2) is 6.18. The predicted octanol–water partition coefficient (Wildman–Crippen LogP) is 3.33. The van der Waals surface area contributed by atoms with Crippen molar-refractivity contribution in [2.75, 3.05) is 5.73 Å². The maximum Gasteiger partial charge on any atom is 0.252 e. The minimum atomic E-state index is -0.533. The van der Waals surface area contributed by atoms with Crippen LogP contribution in [0.25, 0.3) is 0 Å². The first-order valence-electron chi connectivity index (χ1n) is 5.92. The van der Waals surface area contributed by atoms with Gasteiger partial charge in [-0.2, -0.15) is 0 Å². The number of nitrogen functional groups attached to an aromatic ring is 1. The van der Waals surface area contributed by atoms with Gasteiger partial charge in [0.25, 0.3) is 5.91 Å². The molecule has 0 aliphatic heterocycles. The first-order valence-corrected chi connectivity index (χ1v) is 6.71. The van der Waals surface area contributed by atoms with Crippen molar-refractivity contribution in [2.45, 2.75) is 33.2 Å². The minimum Gasteiger partial charge on any atom is -0.396 e. The summed E-state index contributed by atoms with van der Waals surface area (Å²) in [4.78, 5) is 12.1. The molecule has 0 aromatic heterocycles. The topological polar surface area (TPSA) is 55.1 Å². The number of hydrogen-bond acceptors (Lipinski definition) is 2. The molecule has 0 heterocycles. The van der Waals surface area contributed by atoms with Gasteiger partial charge in [-0.15, -0.1) is 0 Å². The van der Waals surface area contributed by atoms with Gasteiger partial charge in [0, 0.05) is 10.5 Å². The first kappa shape index (κ1) is 15.0. The summed E-state index contributed by atoms with van der Waals surface area (Å²) in [5.41, 5.74) is 5.80. The van der Waals surface area contributed by atoms with Crippen LogP contribution in [0.15, 0.2) is 16.6 Å². The van der Waals surface area contributed by atoms with Crippen molar-refractivity contribution < 1.29 is 9.18 Å². The quantitative estimate of drug-likeness (QED) is 0.837. The molecule has 0 bridgehead atoms. The number of hydrogen-bond donors (Lipinski definition) is 2. The molecule has 1 unspecified atom stereocenters. The lowest BCUT2D eigenvalue weighted by Gasteiger charge is -2.21. The van der Waals surface area contributed by atoms with Gasteiger partial charge in [0.15, 0.2) is 0 Å². The Bertz CT molecular complexity index is 449. The van der Waals surface area contributed by atoms with E-state index in [1.54, 1.807) is 0 Å². The Balaban J connectivity index is 2.94. The summed E-state index contributed by atoms with van der Waals surface area (Å²) in [6, 6.07) is 2.65. The van der Waals surface area contributed by atoms with Gasteiger partial charge >= 0.3 is 0 Å². The van der Waals surface area contributed by atoms with E-state index in [1.165, 1.54) is 12.1 Å². The third-order valence-electron chi connectivity index (χ3n) is 2.89. The number of carbonyl (C=O) groups excluding carboxylic acids is 1. The van der Waals surface area contributed by atoms with E-state index in [2.05, 4.69) is 21.2 Å². The number of halogens is 2. The number of amides is 1. The fourth-order valence-corrected chi connectivity index (χ4v) is 2.22. The highest BCUT2D eigenvalue weighted by Gasteiger charge is 2.18. The van der Waals surface area contributed by atoms with Crippen molar-refractivity contribution in [3.63, 3.8) is 0 Å². The van der Waals surface area contributed by atoms with Gasteiger partial charge in [0.05, 0.1) is 11.3 Å². The van der Waals surface area contributed by atoms with Crippen LogP contribution >= 0.6 is 15.9 Å². The average Bonchev–Trinajstić information content (AvgIpc) is 2.29. The standard InChI is InChI=1S/C13H18BrFN2O/c1-4-12(7(2)3)17-13(18)8-5-11(16)10(15)6-9(8)14/h5-7,12H,4,16H2,1-3H3,(H,17,18). The monoisotopic (exact) mass is 316 g/mol. The van der Waals surface area contributed by atoms with Crippen LogP contribution < -0.4 is 11.1 Å². The van der Waals surface area contributed by atoms with Crippen molar-refractivity contribution >= 4 is 27.5 Å². The molecule has 3 nitrogen and oxygen atoms in total. The zero-order valence-corrected chi connectivity index (χ0v) is 12.3. The van der Waals surface area contributed by atoms with Gasteiger partial charge in [-0.1, -0.05) is 20.8 Å². The third kappa shape index (κ3) is 3.45. The van der Waals surface area contributed by atoms with Gasteiger partial charge in [0.2, 0.25) is 0 Å². The molecule has 100 valence electrons. The Morgan fingerprint density at radius 1 is 1.50 bits per heavy atom. The zero-order valence-electron chi connectivity index (χ0n) is 10.8. The third-order valence-corrected chi connectivity index (χ3v) is 3.55. The number of nitrogens with one attached hydrogen (secondary N) is 1. The largest absolute Gasteiger partial charge is 0.396 e. The van der Waals surface area contributed by atoms with E-state index < -0.39 is 5.82 Å². The molecule has 3 N–H and O–H groups in total. The van der Waals surface area contributed by atoms with Crippen LogP contribution in [0.3, 0.4) is 0 Å². The summed E-state index contributed by atoms with van der Waals surface area (Å²) in [5.74, 6) is -0.432. The molecule has 0 saturated heterocycles. The molecular formula is C13H18BrFN2O. The van der Waals surface area contributed by atoms with E-state index in [-0.39, 0.29) is 17.6 Å². The highest BCUT2D eigenvalue weighted by Crippen LogP contribution is 2.23. The summed E-state index contributed by atoms with van der Waals surface area (Å²) >= 11 is 3.17. The average molecular weight is 317 g/mol. The van der Waals surface area contributed by atoms with E-state index >= 15 is 0 Å². The zero-order chi connectivity index (χ0) is 13.9. The van der Waals surface area contributed by atoms with Crippen molar-refractivity contribution in [3.05, 3.63) is 28.0 Å². The second-order valence-electron chi connectivity index (χ2n) is 4.59. The number of anilines is 1. The molecule has 5 heteroatoms. The summed E-state index contributed by atoms with van der Waals surface area (Å²) in [6.07, 6.45) is 0.845. The lowest BCUT2D eigenvalue weighted by Crippen LogP contribution is -2.38. The normalized spacial score (nSPS) is 12.6. The molecule has 1 aromatic rings. The Morgan fingerprint density at radius 2 is 2.11 bits per heavy atom. The van der Waals surface area contributed by atoms with Crippen LogP contribution in [0.5, 0.6) is 0 Å². The lowest BCUT2D eigenvalue weighted by atomic mass is 10.0. The highest BCUT2D eigenvalue weighted by molar-refractivity contribution is 9.10. The molecule has 1 amide bonds. The van der Waals surface area contributed by atoms with Crippen LogP contribution in [0.4, 0.5) is 10.1 Å². The number of carbonyl (C=O) groups is 1. The smallest absolute Gasteiger partial charge is 0.252 e. The Kier molecular flexibility index (Phi) is 5.14. The Labute approximate surface area is 115 Å². The maximum absolute atomic E-state index is 13.2. The van der Waals surface area contributed by atoms with E-state index in [0.717, 1.165) is 6.42 Å². The molecule has 0 fully saturated rings. The number of rotatable bonds is 4. The second-order valence-corrected chi connectivity index (χ2v) is 5.44. The van der Waals surface area contributed by atoms with Crippen molar-refractivity contribution in [3.8, 4) is 0 Å². The van der Waals surface area contributed by atoms with E-state index in [0.29, 0.717) is 16.0 Å². The van der Waals surface area contributed by atoms with Gasteiger partial charge < -0.3 is 11.1 Å². The van der Waals surface area contributed by atoms with Crippen molar-refractivity contribution in [1.29, 1.82) is 0 Å². The molecule has 0 aliphatic rings. The first-order chi connectivity index (χ1) is 8.36. The Hall–Kier alpha value is -1.10. The van der Waals surface area contributed by atoms with E-state index in [1.807, 2.05) is 20.8 Å². The molecule has 1 atom stereocenters. The molecule has 18 heavy (non-hydrogen) atoms. The molecule has 0 radical (unpaired) electrons. The van der Waals surface area contributed by atoms with Crippen LogP contribution in [-0.4, -0.2) is 11.9 Å². The van der Waals surface area contributed by atoms with Crippen LogP contribution in [-0.2, 0) is 0 Å². The molecule has 0 aliphatic carbocycles. The van der Waals surface area contributed by atoms with Gasteiger partial charge in [-0.3, -0.25) is 4.79 Å². The van der Waals surface area contributed by atoms with E-state index in [4.69, 9.17) is 5.73 Å². The highest BCUT2D eigenvalue weighted by atomic mass is 79.9. The molecule has 1 aromatic carbocycles. The Morgan fingerprint density at radius 3 is 2.61 bits per heavy atom. The number of nitrogens with two attached hydrogens (primary N) is 1. The van der Waals surface area contributed by atoms with Gasteiger partial charge in [-0.05, 0) is 40.4 Å². The maximum atomic E-state index is 13.2. The summed E-state index contributed by atoms with van der Waals surface area (Å²) in [5, 5.41) is 2.92. The fourth-order valence-electron chi connectivity index (χ4n) is 1.73. The van der Waals surface area contributed by atoms with Crippen LogP contribution in [0.2, 0.25) is 0 Å².